The van der Waals surface area contributed by atoms with E-state index in [0.29, 0.717) is 18.1 Å². The largest absolute Gasteiger partial charge is 0.369 e. The predicted octanol–water partition coefficient (Wildman–Crippen LogP) is 1.43. The number of rotatable bonds is 3. The van der Waals surface area contributed by atoms with E-state index in [-0.39, 0.29) is 5.91 Å². The van der Waals surface area contributed by atoms with Crippen LogP contribution in [0.3, 0.4) is 0 Å². The fraction of sp³-hybridized carbons (Fsp3) is 0.500. The minimum Gasteiger partial charge on any atom is -0.369 e. The predicted molar refractivity (Wildman–Crippen MR) is 66.4 cm³/mol. The van der Waals surface area contributed by atoms with Gasteiger partial charge >= 0.3 is 0 Å². The smallest absolute Gasteiger partial charge is 0.224 e. The highest BCUT2D eigenvalue weighted by Crippen LogP contribution is 2.30. The second kappa shape index (κ2) is 4.63. The molecule has 4 nitrogen and oxygen atoms in total. The third-order valence-corrected chi connectivity index (χ3v) is 3.55. The zero-order chi connectivity index (χ0) is 12.5. The lowest BCUT2D eigenvalue weighted by atomic mass is 9.89. The van der Waals surface area contributed by atoms with E-state index in [9.17, 15) is 4.79 Å². The standard InChI is InChI=1S/C12H16ClN3O/c1-12(11(14)17)3-5-16(8-12)7-10-6-9(13)2-4-15-10/h2,4,6H,3,5,7-8H2,1H3,(H2,14,17). The summed E-state index contributed by atoms with van der Waals surface area (Å²) in [5.41, 5.74) is 5.93. The molecule has 2 N–H and O–H groups in total. The highest BCUT2D eigenvalue weighted by Gasteiger charge is 2.38. The van der Waals surface area contributed by atoms with Crippen molar-refractivity contribution in [3.63, 3.8) is 0 Å². The number of nitrogens with two attached hydrogens (primary N) is 1. The molecule has 1 unspecified atom stereocenters. The number of likely N-dealkylation sites (tertiary alicyclic amines) is 1. The van der Waals surface area contributed by atoms with Gasteiger partial charge in [-0.2, -0.15) is 0 Å². The van der Waals surface area contributed by atoms with Crippen LogP contribution in [0.1, 0.15) is 19.0 Å². The topological polar surface area (TPSA) is 59.2 Å². The first kappa shape index (κ1) is 12.3. The molecule has 0 aliphatic carbocycles. The van der Waals surface area contributed by atoms with Crippen molar-refractivity contribution >= 4 is 17.5 Å². The van der Waals surface area contributed by atoms with Crippen molar-refractivity contribution in [1.82, 2.24) is 9.88 Å². The van der Waals surface area contributed by atoms with Crippen LogP contribution in [0.4, 0.5) is 0 Å². The summed E-state index contributed by atoms with van der Waals surface area (Å²) in [7, 11) is 0. The Bertz CT molecular complexity index is 438. The number of aromatic nitrogens is 1. The molecule has 0 radical (unpaired) electrons. The van der Waals surface area contributed by atoms with E-state index in [2.05, 4.69) is 9.88 Å². The van der Waals surface area contributed by atoms with Gasteiger partial charge in [-0.25, -0.2) is 0 Å². The van der Waals surface area contributed by atoms with Crippen LogP contribution in [0.15, 0.2) is 18.3 Å². The van der Waals surface area contributed by atoms with Crippen LogP contribution < -0.4 is 5.73 Å². The van der Waals surface area contributed by atoms with E-state index in [4.69, 9.17) is 17.3 Å². The molecule has 2 heterocycles. The van der Waals surface area contributed by atoms with Crippen LogP contribution in [-0.2, 0) is 11.3 Å². The molecule has 0 aromatic carbocycles. The zero-order valence-electron chi connectivity index (χ0n) is 9.82. The number of primary amides is 1. The van der Waals surface area contributed by atoms with Crippen molar-refractivity contribution in [2.24, 2.45) is 11.1 Å². The van der Waals surface area contributed by atoms with E-state index >= 15 is 0 Å². The maximum Gasteiger partial charge on any atom is 0.224 e. The minimum atomic E-state index is -0.404. The summed E-state index contributed by atoms with van der Waals surface area (Å²) in [6.07, 6.45) is 2.50. The summed E-state index contributed by atoms with van der Waals surface area (Å²) >= 11 is 5.90. The van der Waals surface area contributed by atoms with E-state index < -0.39 is 5.41 Å². The van der Waals surface area contributed by atoms with Crippen molar-refractivity contribution < 1.29 is 4.79 Å². The van der Waals surface area contributed by atoms with Crippen molar-refractivity contribution in [3.05, 3.63) is 29.0 Å². The van der Waals surface area contributed by atoms with Gasteiger partial charge in [0.05, 0.1) is 11.1 Å². The summed E-state index contributed by atoms with van der Waals surface area (Å²) in [4.78, 5) is 17.8. The van der Waals surface area contributed by atoms with Crippen LogP contribution in [-0.4, -0.2) is 28.9 Å². The molecular formula is C12H16ClN3O. The minimum absolute atomic E-state index is 0.223. The van der Waals surface area contributed by atoms with Crippen LogP contribution >= 0.6 is 11.6 Å². The first-order chi connectivity index (χ1) is 7.99. The Morgan fingerprint density at radius 1 is 1.71 bits per heavy atom. The third-order valence-electron chi connectivity index (χ3n) is 3.31. The van der Waals surface area contributed by atoms with Gasteiger partial charge in [-0.15, -0.1) is 0 Å². The molecule has 1 aromatic rings. The summed E-state index contributed by atoms with van der Waals surface area (Å²) in [6.45, 7) is 4.19. The average molecular weight is 254 g/mol. The molecule has 17 heavy (non-hydrogen) atoms. The monoisotopic (exact) mass is 253 g/mol. The number of hydrogen-bond acceptors (Lipinski definition) is 3. The quantitative estimate of drug-likeness (QED) is 0.887. The fourth-order valence-electron chi connectivity index (χ4n) is 2.16. The molecule has 1 fully saturated rings. The molecule has 1 aliphatic heterocycles. The molecule has 1 aliphatic rings. The van der Waals surface area contributed by atoms with Gasteiger partial charge in [-0.3, -0.25) is 14.7 Å². The van der Waals surface area contributed by atoms with Crippen LogP contribution in [0.2, 0.25) is 5.02 Å². The lowest BCUT2D eigenvalue weighted by Crippen LogP contribution is -2.37. The van der Waals surface area contributed by atoms with Crippen molar-refractivity contribution in [1.29, 1.82) is 0 Å². The highest BCUT2D eigenvalue weighted by molar-refractivity contribution is 6.30. The van der Waals surface area contributed by atoms with Gasteiger partial charge in [0.1, 0.15) is 0 Å². The van der Waals surface area contributed by atoms with Crippen LogP contribution in [0, 0.1) is 5.41 Å². The molecule has 0 bridgehead atoms. The number of pyridine rings is 1. The third kappa shape index (κ3) is 2.76. The van der Waals surface area contributed by atoms with E-state index in [1.54, 1.807) is 12.3 Å². The molecule has 0 saturated carbocycles. The number of carbonyl (C=O) groups excluding carboxylic acids is 1. The molecule has 1 amide bonds. The number of halogens is 1. The molecule has 1 atom stereocenters. The molecule has 0 spiro atoms. The van der Waals surface area contributed by atoms with Crippen LogP contribution in [0.25, 0.3) is 0 Å². The van der Waals surface area contributed by atoms with E-state index in [1.165, 1.54) is 0 Å². The van der Waals surface area contributed by atoms with Gasteiger partial charge in [0, 0.05) is 24.3 Å². The number of carbonyl (C=O) groups is 1. The number of hydrogen-bond donors (Lipinski definition) is 1. The number of amides is 1. The molecule has 1 aromatic heterocycles. The number of nitrogens with zero attached hydrogens (tertiary/aromatic N) is 2. The second-order valence-corrected chi connectivity index (χ2v) is 5.29. The van der Waals surface area contributed by atoms with Gasteiger partial charge in [0.2, 0.25) is 5.91 Å². The second-order valence-electron chi connectivity index (χ2n) is 4.85. The molecular weight excluding hydrogens is 238 g/mol. The van der Waals surface area contributed by atoms with Gasteiger partial charge in [0.15, 0.2) is 0 Å². The maximum absolute atomic E-state index is 11.3. The van der Waals surface area contributed by atoms with Crippen molar-refractivity contribution in [2.75, 3.05) is 13.1 Å². The fourth-order valence-corrected chi connectivity index (χ4v) is 2.34. The highest BCUT2D eigenvalue weighted by atomic mass is 35.5. The first-order valence-electron chi connectivity index (χ1n) is 5.62. The SMILES string of the molecule is CC1(C(N)=O)CCN(Cc2cc(Cl)ccn2)C1. The Morgan fingerprint density at radius 3 is 3.06 bits per heavy atom. The lowest BCUT2D eigenvalue weighted by molar-refractivity contribution is -0.126. The Morgan fingerprint density at radius 2 is 2.47 bits per heavy atom. The Balaban J connectivity index is 2.01. The Labute approximate surface area is 106 Å². The van der Waals surface area contributed by atoms with E-state index in [1.807, 2.05) is 13.0 Å². The average Bonchev–Trinajstić information content (AvgIpc) is 2.61. The van der Waals surface area contributed by atoms with Crippen molar-refractivity contribution in [3.8, 4) is 0 Å². The molecule has 5 heteroatoms. The summed E-state index contributed by atoms with van der Waals surface area (Å²) in [5.74, 6) is -0.223. The maximum atomic E-state index is 11.3. The lowest BCUT2D eigenvalue weighted by Gasteiger charge is -2.20. The summed E-state index contributed by atoms with van der Waals surface area (Å²) in [5, 5.41) is 0.687. The summed E-state index contributed by atoms with van der Waals surface area (Å²) in [6, 6.07) is 3.60. The van der Waals surface area contributed by atoms with Crippen LogP contribution in [0.5, 0.6) is 0 Å². The molecule has 2 rings (SSSR count). The Kier molecular flexibility index (Phi) is 3.35. The normalized spacial score (nSPS) is 25.1. The van der Waals surface area contributed by atoms with E-state index in [0.717, 1.165) is 18.7 Å². The van der Waals surface area contributed by atoms with Gasteiger partial charge in [-0.05, 0) is 32.0 Å². The Hall–Kier alpha value is -1.13. The van der Waals surface area contributed by atoms with Crippen molar-refractivity contribution in [2.45, 2.75) is 19.9 Å². The first-order valence-corrected chi connectivity index (χ1v) is 6.00. The summed E-state index contributed by atoms with van der Waals surface area (Å²) < 4.78 is 0. The molecule has 1 saturated heterocycles. The van der Waals surface area contributed by atoms with Gasteiger partial charge in [-0.1, -0.05) is 11.6 Å². The molecule has 92 valence electrons. The van der Waals surface area contributed by atoms with Gasteiger partial charge < -0.3 is 5.73 Å². The zero-order valence-corrected chi connectivity index (χ0v) is 10.6. The van der Waals surface area contributed by atoms with Gasteiger partial charge in [0.25, 0.3) is 0 Å².